The van der Waals surface area contributed by atoms with Gasteiger partial charge in [0.25, 0.3) is 0 Å². The predicted octanol–water partition coefficient (Wildman–Crippen LogP) is -0.538. The lowest BCUT2D eigenvalue weighted by Crippen LogP contribution is -2.52. The number of rotatable bonds is 5. The van der Waals surface area contributed by atoms with E-state index < -0.39 is 24.3 Å². The van der Waals surface area contributed by atoms with Crippen LogP contribution in [0.3, 0.4) is 0 Å². The highest BCUT2D eigenvalue weighted by Crippen LogP contribution is 2.31. The number of esters is 1. The molecule has 1 unspecified atom stereocenters. The summed E-state index contributed by atoms with van der Waals surface area (Å²) in [4.78, 5) is 40.5. The topological polar surface area (TPSA) is 100 Å². The van der Waals surface area contributed by atoms with E-state index in [-0.39, 0.29) is 24.8 Å². The molecule has 0 saturated carbocycles. The number of cyclic esters (lactones) is 1. The van der Waals surface area contributed by atoms with Gasteiger partial charge in [-0.15, -0.1) is 0 Å². The van der Waals surface area contributed by atoms with Gasteiger partial charge in [0.2, 0.25) is 18.1 Å². The number of fused-ring (bicyclic) bond motifs is 1. The summed E-state index contributed by atoms with van der Waals surface area (Å²) in [5.74, 6) is -1.00. The Balaban J connectivity index is 1.80. The van der Waals surface area contributed by atoms with Crippen LogP contribution in [0.15, 0.2) is 24.3 Å². The molecule has 9 nitrogen and oxygen atoms in total. The quantitative estimate of drug-likeness (QED) is 0.666. The Labute approximate surface area is 157 Å². The molecule has 0 bridgehead atoms. The molecule has 3 atom stereocenters. The van der Waals surface area contributed by atoms with E-state index in [1.165, 1.54) is 12.0 Å². The second-order valence-corrected chi connectivity index (χ2v) is 6.61. The number of amides is 2. The number of carbonyl (C=O) groups excluding carboxylic acids is 3. The maximum atomic E-state index is 13.0. The van der Waals surface area contributed by atoms with Gasteiger partial charge in [0.1, 0.15) is 18.6 Å². The molecule has 9 heteroatoms. The SMILES string of the molecule is CN[C@H]1CN(C)c2ccccc2N(CC(=O)N[C@H]2CC(=O)OC2OC)C1=O. The van der Waals surface area contributed by atoms with Gasteiger partial charge >= 0.3 is 5.97 Å². The van der Waals surface area contributed by atoms with Crippen molar-refractivity contribution in [1.82, 2.24) is 10.6 Å². The second kappa shape index (κ2) is 7.93. The van der Waals surface area contributed by atoms with E-state index in [9.17, 15) is 14.4 Å². The molecule has 2 heterocycles. The summed E-state index contributed by atoms with van der Waals surface area (Å²) in [6, 6.07) is 6.43. The minimum absolute atomic E-state index is 0.0384. The molecule has 2 aliphatic heterocycles. The number of carbonyl (C=O) groups is 3. The zero-order valence-electron chi connectivity index (χ0n) is 15.6. The molecule has 146 valence electrons. The Morgan fingerprint density at radius 1 is 1.30 bits per heavy atom. The van der Waals surface area contributed by atoms with Crippen molar-refractivity contribution in [1.29, 1.82) is 0 Å². The van der Waals surface area contributed by atoms with Crippen molar-refractivity contribution in [2.45, 2.75) is 24.8 Å². The van der Waals surface area contributed by atoms with Crippen LogP contribution in [0.1, 0.15) is 6.42 Å². The minimum Gasteiger partial charge on any atom is -0.433 e. The van der Waals surface area contributed by atoms with Crippen LogP contribution in [-0.2, 0) is 23.9 Å². The standard InChI is InChI=1S/C18H24N4O5/c1-19-12-9-21(2)13-6-4-5-7-14(13)22(17(12)25)10-15(23)20-11-8-16(24)27-18(11)26-3/h4-7,11-12,18-19H,8-10H2,1-3H3,(H,20,23)/t11-,12-,18?/m0/s1. The largest absolute Gasteiger partial charge is 0.433 e. The Bertz CT molecular complexity index is 740. The van der Waals surface area contributed by atoms with E-state index in [2.05, 4.69) is 10.6 Å². The molecule has 27 heavy (non-hydrogen) atoms. The van der Waals surface area contributed by atoms with Gasteiger partial charge in [0, 0.05) is 20.7 Å². The Morgan fingerprint density at radius 2 is 2.00 bits per heavy atom. The van der Waals surface area contributed by atoms with E-state index in [1.807, 2.05) is 36.2 Å². The fourth-order valence-corrected chi connectivity index (χ4v) is 3.41. The third-order valence-electron chi connectivity index (χ3n) is 4.80. The monoisotopic (exact) mass is 376 g/mol. The molecular formula is C18H24N4O5. The molecule has 1 aromatic carbocycles. The maximum absolute atomic E-state index is 13.0. The van der Waals surface area contributed by atoms with Crippen molar-refractivity contribution in [2.24, 2.45) is 0 Å². The minimum atomic E-state index is -0.815. The van der Waals surface area contributed by atoms with Crippen molar-refractivity contribution in [3.63, 3.8) is 0 Å². The van der Waals surface area contributed by atoms with Crippen molar-refractivity contribution in [3.05, 3.63) is 24.3 Å². The summed E-state index contributed by atoms with van der Waals surface area (Å²) in [5, 5.41) is 5.74. The normalized spacial score (nSPS) is 25.1. The Kier molecular flexibility index (Phi) is 5.62. The molecule has 2 amide bonds. The predicted molar refractivity (Wildman–Crippen MR) is 98.3 cm³/mol. The first kappa shape index (κ1) is 19.1. The third-order valence-corrected chi connectivity index (χ3v) is 4.80. The van der Waals surface area contributed by atoms with Gasteiger partial charge in [-0.3, -0.25) is 19.3 Å². The molecule has 0 radical (unpaired) electrons. The van der Waals surface area contributed by atoms with Crippen LogP contribution in [0.5, 0.6) is 0 Å². The van der Waals surface area contributed by atoms with E-state index in [0.29, 0.717) is 12.2 Å². The number of methoxy groups -OCH3 is 1. The second-order valence-electron chi connectivity index (χ2n) is 6.61. The van der Waals surface area contributed by atoms with Gasteiger partial charge in [0.15, 0.2) is 0 Å². The Morgan fingerprint density at radius 3 is 2.67 bits per heavy atom. The number of benzene rings is 1. The molecule has 3 rings (SSSR count). The first-order valence-electron chi connectivity index (χ1n) is 8.75. The molecule has 1 fully saturated rings. The van der Waals surface area contributed by atoms with Gasteiger partial charge in [0.05, 0.1) is 17.8 Å². The zero-order chi connectivity index (χ0) is 19.6. The highest BCUT2D eigenvalue weighted by molar-refractivity contribution is 6.05. The highest BCUT2D eigenvalue weighted by atomic mass is 16.7. The summed E-state index contributed by atoms with van der Waals surface area (Å²) in [6.45, 7) is 0.324. The first-order valence-corrected chi connectivity index (χ1v) is 8.75. The van der Waals surface area contributed by atoms with Gasteiger partial charge in [-0.05, 0) is 19.2 Å². The first-order chi connectivity index (χ1) is 12.9. The van der Waals surface area contributed by atoms with Gasteiger partial charge in [-0.1, -0.05) is 12.1 Å². The van der Waals surface area contributed by atoms with Crippen molar-refractivity contribution >= 4 is 29.2 Å². The lowest BCUT2D eigenvalue weighted by molar-refractivity contribution is -0.160. The molecule has 0 spiro atoms. The summed E-state index contributed by atoms with van der Waals surface area (Å²) >= 11 is 0. The average molecular weight is 376 g/mol. The number of hydrogen-bond donors (Lipinski definition) is 2. The highest BCUT2D eigenvalue weighted by Gasteiger charge is 2.37. The summed E-state index contributed by atoms with van der Waals surface area (Å²) in [7, 11) is 5.03. The van der Waals surface area contributed by atoms with Crippen LogP contribution >= 0.6 is 0 Å². The molecule has 0 aliphatic carbocycles. The molecule has 2 N–H and O–H groups in total. The summed E-state index contributed by atoms with van der Waals surface area (Å²) in [5.41, 5.74) is 1.53. The van der Waals surface area contributed by atoms with Crippen molar-refractivity contribution in [3.8, 4) is 0 Å². The van der Waals surface area contributed by atoms with Crippen molar-refractivity contribution < 1.29 is 23.9 Å². The number of likely N-dealkylation sites (N-methyl/N-ethyl adjacent to an activating group) is 2. The molecule has 1 aromatic rings. The summed E-state index contributed by atoms with van der Waals surface area (Å²) in [6.07, 6.45) is -0.777. The summed E-state index contributed by atoms with van der Waals surface area (Å²) < 4.78 is 10.1. The lowest BCUT2D eigenvalue weighted by atomic mass is 10.2. The molecule has 1 saturated heterocycles. The number of para-hydroxylation sites is 2. The van der Waals surface area contributed by atoms with Crippen LogP contribution in [0, 0.1) is 0 Å². The van der Waals surface area contributed by atoms with Gasteiger partial charge in [-0.2, -0.15) is 0 Å². The van der Waals surface area contributed by atoms with Crippen LogP contribution in [-0.4, -0.2) is 70.5 Å². The van der Waals surface area contributed by atoms with Crippen molar-refractivity contribution in [2.75, 3.05) is 44.1 Å². The number of nitrogens with one attached hydrogen (secondary N) is 2. The van der Waals surface area contributed by atoms with E-state index in [1.54, 1.807) is 7.05 Å². The van der Waals surface area contributed by atoms with E-state index in [0.717, 1.165) is 5.69 Å². The van der Waals surface area contributed by atoms with Crippen LogP contribution in [0.2, 0.25) is 0 Å². The zero-order valence-corrected chi connectivity index (χ0v) is 15.6. The fraction of sp³-hybridized carbons (Fsp3) is 0.500. The number of ether oxygens (including phenoxy) is 2. The number of anilines is 2. The van der Waals surface area contributed by atoms with E-state index in [4.69, 9.17) is 9.47 Å². The van der Waals surface area contributed by atoms with Gasteiger partial charge < -0.3 is 25.0 Å². The van der Waals surface area contributed by atoms with Gasteiger partial charge in [-0.25, -0.2) is 0 Å². The lowest BCUT2D eigenvalue weighted by Gasteiger charge is -2.25. The number of hydrogen-bond acceptors (Lipinski definition) is 7. The average Bonchev–Trinajstić information content (AvgIpc) is 2.98. The fourth-order valence-electron chi connectivity index (χ4n) is 3.41. The van der Waals surface area contributed by atoms with Crippen LogP contribution in [0.25, 0.3) is 0 Å². The molecule has 0 aromatic heterocycles. The van der Waals surface area contributed by atoms with E-state index >= 15 is 0 Å². The smallest absolute Gasteiger partial charge is 0.310 e. The Hall–Kier alpha value is -2.65. The maximum Gasteiger partial charge on any atom is 0.310 e. The molecular weight excluding hydrogens is 352 g/mol. The van der Waals surface area contributed by atoms with Crippen LogP contribution in [0.4, 0.5) is 11.4 Å². The van der Waals surface area contributed by atoms with Crippen LogP contribution < -0.4 is 20.4 Å². The number of nitrogens with zero attached hydrogens (tertiary/aromatic N) is 2. The molecule has 2 aliphatic rings. The third kappa shape index (κ3) is 3.88.